The molecule has 1 N–H and O–H groups in total. The Hall–Kier alpha value is -2.89. The van der Waals surface area contributed by atoms with Gasteiger partial charge in [-0.3, -0.25) is 0 Å². The van der Waals surface area contributed by atoms with Gasteiger partial charge in [0.1, 0.15) is 23.0 Å². The number of esters is 2. The third-order valence-electron chi connectivity index (χ3n) is 3.68. The summed E-state index contributed by atoms with van der Waals surface area (Å²) in [7, 11) is 0.0320. The molecule has 0 amide bonds. The molecule has 10 nitrogen and oxygen atoms in total. The molecule has 0 aliphatic carbocycles. The Bertz CT molecular complexity index is 965. The third kappa shape index (κ3) is 5.79. The molecule has 0 radical (unpaired) electrons. The van der Waals surface area contributed by atoms with Crippen LogP contribution in [-0.4, -0.2) is 54.8 Å². The molecule has 0 bridgehead atoms. The molecule has 1 heterocycles. The van der Waals surface area contributed by atoms with Crippen molar-refractivity contribution in [2.75, 3.05) is 34.5 Å². The molecule has 2 aromatic rings. The Morgan fingerprint density at radius 1 is 1.07 bits per heavy atom. The number of sulfonamides is 1. The molecule has 29 heavy (non-hydrogen) atoms. The molecule has 0 atom stereocenters. The standard InChI is InChI=1S/C18H21NO9S/c1-24-9-8-19-29(22,23)16-10-12(4-6-14(16)25-2)17(20)27-11-13-5-7-15(28-13)18(21)26-3/h4-7,10,19H,8-9,11H2,1-3H3. The van der Waals surface area contributed by atoms with Gasteiger partial charge in [-0.15, -0.1) is 0 Å². The van der Waals surface area contributed by atoms with Crippen LogP contribution >= 0.6 is 0 Å². The Balaban J connectivity index is 2.14. The van der Waals surface area contributed by atoms with Gasteiger partial charge in [-0.25, -0.2) is 22.7 Å². The van der Waals surface area contributed by atoms with Crippen molar-refractivity contribution in [3.8, 4) is 5.75 Å². The highest BCUT2D eigenvalue weighted by atomic mass is 32.2. The Kier molecular flexibility index (Phi) is 7.76. The second-order valence-electron chi connectivity index (χ2n) is 5.59. The van der Waals surface area contributed by atoms with Gasteiger partial charge in [0, 0.05) is 13.7 Å². The minimum atomic E-state index is -3.94. The molecule has 0 aliphatic heterocycles. The van der Waals surface area contributed by atoms with Crippen LogP contribution in [0.15, 0.2) is 39.6 Å². The van der Waals surface area contributed by atoms with E-state index in [9.17, 15) is 18.0 Å². The summed E-state index contributed by atoms with van der Waals surface area (Å²) in [4.78, 5) is 23.5. The van der Waals surface area contributed by atoms with Crippen molar-refractivity contribution in [1.82, 2.24) is 4.72 Å². The quantitative estimate of drug-likeness (QED) is 0.441. The van der Waals surface area contributed by atoms with E-state index < -0.39 is 22.0 Å². The summed E-state index contributed by atoms with van der Waals surface area (Å²) in [5, 5.41) is 0. The molecule has 2 rings (SSSR count). The van der Waals surface area contributed by atoms with Crippen molar-refractivity contribution in [2.45, 2.75) is 11.5 Å². The van der Waals surface area contributed by atoms with E-state index in [1.165, 1.54) is 45.6 Å². The van der Waals surface area contributed by atoms with Crippen LogP contribution in [0, 0.1) is 0 Å². The van der Waals surface area contributed by atoms with Crippen molar-refractivity contribution in [3.63, 3.8) is 0 Å². The summed E-state index contributed by atoms with van der Waals surface area (Å²) >= 11 is 0. The van der Waals surface area contributed by atoms with Crippen LogP contribution in [0.25, 0.3) is 0 Å². The molecule has 0 saturated heterocycles. The van der Waals surface area contributed by atoms with Crippen LogP contribution < -0.4 is 9.46 Å². The smallest absolute Gasteiger partial charge is 0.373 e. The maximum absolute atomic E-state index is 12.5. The molecule has 158 valence electrons. The van der Waals surface area contributed by atoms with Crippen molar-refractivity contribution < 1.29 is 41.4 Å². The van der Waals surface area contributed by atoms with E-state index >= 15 is 0 Å². The highest BCUT2D eigenvalue weighted by Crippen LogP contribution is 2.25. The van der Waals surface area contributed by atoms with Crippen LogP contribution in [0.4, 0.5) is 0 Å². The number of hydrogen-bond acceptors (Lipinski definition) is 9. The van der Waals surface area contributed by atoms with Crippen LogP contribution in [0.1, 0.15) is 26.7 Å². The lowest BCUT2D eigenvalue weighted by Crippen LogP contribution is -2.27. The van der Waals surface area contributed by atoms with Crippen molar-refractivity contribution in [3.05, 3.63) is 47.4 Å². The molecule has 0 saturated carbocycles. The summed E-state index contributed by atoms with van der Waals surface area (Å²) in [6.45, 7) is -0.0201. The molecular weight excluding hydrogens is 406 g/mol. The minimum absolute atomic E-state index is 0.00216. The van der Waals surface area contributed by atoms with Gasteiger partial charge in [-0.05, 0) is 30.3 Å². The fraction of sp³-hybridized carbons (Fsp3) is 0.333. The van der Waals surface area contributed by atoms with Gasteiger partial charge in [-0.2, -0.15) is 0 Å². The van der Waals surface area contributed by atoms with E-state index in [0.29, 0.717) is 0 Å². The van der Waals surface area contributed by atoms with Gasteiger partial charge in [0.05, 0.1) is 26.4 Å². The maximum Gasteiger partial charge on any atom is 0.373 e. The van der Waals surface area contributed by atoms with Gasteiger partial charge in [0.15, 0.2) is 0 Å². The molecule has 0 fully saturated rings. The van der Waals surface area contributed by atoms with Gasteiger partial charge >= 0.3 is 11.9 Å². The number of rotatable bonds is 10. The Morgan fingerprint density at radius 3 is 2.48 bits per heavy atom. The fourth-order valence-corrected chi connectivity index (χ4v) is 3.46. The lowest BCUT2D eigenvalue weighted by molar-refractivity contribution is 0.0438. The Morgan fingerprint density at radius 2 is 1.83 bits per heavy atom. The number of furan rings is 1. The number of ether oxygens (including phenoxy) is 4. The van der Waals surface area contributed by atoms with Gasteiger partial charge in [0.2, 0.25) is 15.8 Å². The summed E-state index contributed by atoms with van der Waals surface area (Å²) in [5.74, 6) is -1.18. The van der Waals surface area contributed by atoms with E-state index in [1.54, 1.807) is 0 Å². The highest BCUT2D eigenvalue weighted by Gasteiger charge is 2.22. The molecule has 1 aromatic carbocycles. The first-order valence-electron chi connectivity index (χ1n) is 8.33. The van der Waals surface area contributed by atoms with Crippen LogP contribution in [-0.2, 0) is 30.8 Å². The predicted octanol–water partition coefficient (Wildman–Crippen LogP) is 1.36. The number of methoxy groups -OCH3 is 3. The largest absolute Gasteiger partial charge is 0.495 e. The average molecular weight is 427 g/mol. The first-order chi connectivity index (χ1) is 13.8. The second kappa shape index (κ2) is 10.0. The molecular formula is C18H21NO9S. The van der Waals surface area contributed by atoms with Crippen molar-refractivity contribution >= 4 is 22.0 Å². The van der Waals surface area contributed by atoms with E-state index in [1.807, 2.05) is 0 Å². The van der Waals surface area contributed by atoms with Gasteiger partial charge in [-0.1, -0.05) is 0 Å². The zero-order valence-electron chi connectivity index (χ0n) is 16.1. The van der Waals surface area contributed by atoms with Gasteiger partial charge in [0.25, 0.3) is 0 Å². The summed E-state index contributed by atoms with van der Waals surface area (Å²) < 4.78 is 52.0. The third-order valence-corrected chi connectivity index (χ3v) is 5.16. The number of carbonyl (C=O) groups is 2. The number of benzene rings is 1. The number of hydrogen-bond donors (Lipinski definition) is 1. The van der Waals surface area contributed by atoms with Crippen molar-refractivity contribution in [2.24, 2.45) is 0 Å². The summed E-state index contributed by atoms with van der Waals surface area (Å²) in [6, 6.07) is 6.72. The van der Waals surface area contributed by atoms with Crippen LogP contribution in [0.2, 0.25) is 0 Å². The van der Waals surface area contributed by atoms with E-state index in [-0.39, 0.29) is 47.5 Å². The van der Waals surface area contributed by atoms with E-state index in [0.717, 1.165) is 6.07 Å². The maximum atomic E-state index is 12.5. The molecule has 0 aliphatic rings. The minimum Gasteiger partial charge on any atom is -0.495 e. The number of carbonyl (C=O) groups excluding carboxylic acids is 2. The lowest BCUT2D eigenvalue weighted by atomic mass is 10.2. The highest BCUT2D eigenvalue weighted by molar-refractivity contribution is 7.89. The molecule has 1 aromatic heterocycles. The lowest BCUT2D eigenvalue weighted by Gasteiger charge is -2.12. The van der Waals surface area contributed by atoms with Gasteiger partial charge < -0.3 is 23.4 Å². The first-order valence-corrected chi connectivity index (χ1v) is 9.81. The van der Waals surface area contributed by atoms with Crippen LogP contribution in [0.5, 0.6) is 5.75 Å². The first kappa shape index (κ1) is 22.4. The SMILES string of the molecule is COCCNS(=O)(=O)c1cc(C(=O)OCc2ccc(C(=O)OC)o2)ccc1OC. The number of nitrogens with one attached hydrogen (secondary N) is 1. The molecule has 11 heteroatoms. The monoisotopic (exact) mass is 427 g/mol. The van der Waals surface area contributed by atoms with E-state index in [2.05, 4.69) is 9.46 Å². The average Bonchev–Trinajstić information content (AvgIpc) is 3.20. The van der Waals surface area contributed by atoms with Crippen molar-refractivity contribution in [1.29, 1.82) is 0 Å². The van der Waals surface area contributed by atoms with Crippen LogP contribution in [0.3, 0.4) is 0 Å². The molecule has 0 unspecified atom stereocenters. The topological polar surface area (TPSA) is 130 Å². The molecule has 0 spiro atoms. The Labute approximate surface area is 167 Å². The second-order valence-corrected chi connectivity index (χ2v) is 7.33. The predicted molar refractivity (Wildman–Crippen MR) is 99.2 cm³/mol. The fourth-order valence-electron chi connectivity index (χ4n) is 2.26. The summed E-state index contributed by atoms with van der Waals surface area (Å²) in [6.07, 6.45) is 0. The normalized spacial score (nSPS) is 11.1. The zero-order valence-corrected chi connectivity index (χ0v) is 16.9. The zero-order chi connectivity index (χ0) is 21.4. The summed E-state index contributed by atoms with van der Waals surface area (Å²) in [5.41, 5.74) is -0.00216. The van der Waals surface area contributed by atoms with E-state index in [4.69, 9.17) is 18.6 Å².